The van der Waals surface area contributed by atoms with E-state index in [9.17, 15) is 4.79 Å². The molecule has 3 rings (SSSR count). The number of rotatable bonds is 7. The third-order valence-electron chi connectivity index (χ3n) is 5.66. The number of aromatic nitrogens is 5. The summed E-state index contributed by atoms with van der Waals surface area (Å²) in [6.45, 7) is 8.92. The van der Waals surface area contributed by atoms with Crippen LogP contribution in [0.25, 0.3) is 0 Å². The Morgan fingerprint density at radius 1 is 1.39 bits per heavy atom. The van der Waals surface area contributed by atoms with Crippen LogP contribution in [0.2, 0.25) is 0 Å². The molecule has 2 aromatic rings. The average Bonchev–Trinajstić information content (AvgIpc) is 3.16. The first-order chi connectivity index (χ1) is 13.4. The van der Waals surface area contributed by atoms with Gasteiger partial charge in [0.15, 0.2) is 5.82 Å². The van der Waals surface area contributed by atoms with Crippen molar-refractivity contribution >= 4 is 5.91 Å². The van der Waals surface area contributed by atoms with E-state index in [-0.39, 0.29) is 5.91 Å². The van der Waals surface area contributed by atoms with E-state index in [1.54, 1.807) is 13.1 Å². The Hall–Kier alpha value is -2.35. The van der Waals surface area contributed by atoms with Crippen LogP contribution in [0.15, 0.2) is 24.5 Å². The highest BCUT2D eigenvalue weighted by atomic mass is 16.2. The number of aryl methyl sites for hydroxylation is 1. The van der Waals surface area contributed by atoms with Crippen LogP contribution >= 0.6 is 0 Å². The Labute approximate surface area is 166 Å². The summed E-state index contributed by atoms with van der Waals surface area (Å²) in [7, 11) is 2.10. The highest BCUT2D eigenvalue weighted by Gasteiger charge is 2.45. The molecule has 3 heterocycles. The number of hydrogen-bond acceptors (Lipinski definition) is 6. The molecule has 0 saturated carbocycles. The highest BCUT2D eigenvalue weighted by Crippen LogP contribution is 2.36. The van der Waals surface area contributed by atoms with Crippen molar-refractivity contribution in [1.82, 2.24) is 35.0 Å². The average molecular weight is 386 g/mol. The van der Waals surface area contributed by atoms with E-state index >= 15 is 0 Å². The predicted octanol–water partition coefficient (Wildman–Crippen LogP) is 2.08. The molecule has 1 amide bonds. The fourth-order valence-corrected chi connectivity index (χ4v) is 3.96. The van der Waals surface area contributed by atoms with Crippen molar-refractivity contribution in [2.24, 2.45) is 5.92 Å². The van der Waals surface area contributed by atoms with Gasteiger partial charge < -0.3 is 4.90 Å². The second kappa shape index (κ2) is 8.77. The first-order valence-electron chi connectivity index (χ1n) is 10.0. The van der Waals surface area contributed by atoms with Gasteiger partial charge in [0, 0.05) is 45.5 Å². The first kappa shape index (κ1) is 20.4. The molecule has 0 aliphatic carbocycles. The van der Waals surface area contributed by atoms with E-state index in [0.29, 0.717) is 12.5 Å². The summed E-state index contributed by atoms with van der Waals surface area (Å²) in [4.78, 5) is 20.6. The number of carbonyl (C=O) groups excluding carboxylic acids is 1. The van der Waals surface area contributed by atoms with Crippen molar-refractivity contribution in [2.45, 2.75) is 58.7 Å². The quantitative estimate of drug-likeness (QED) is 0.726. The summed E-state index contributed by atoms with van der Waals surface area (Å²) >= 11 is 0. The molecule has 0 radical (unpaired) electrons. The Morgan fingerprint density at radius 3 is 2.89 bits per heavy atom. The van der Waals surface area contributed by atoms with Crippen LogP contribution in [0.5, 0.6) is 0 Å². The second-order valence-electron chi connectivity index (χ2n) is 8.20. The third kappa shape index (κ3) is 4.38. The zero-order valence-electron chi connectivity index (χ0n) is 17.4. The zero-order valence-corrected chi connectivity index (χ0v) is 17.4. The number of pyridine rings is 1. The smallest absolute Gasteiger partial charge is 0.219 e. The van der Waals surface area contributed by atoms with Gasteiger partial charge in [-0.2, -0.15) is 0 Å². The lowest BCUT2D eigenvalue weighted by Crippen LogP contribution is -2.57. The minimum Gasteiger partial charge on any atom is -0.341 e. The minimum atomic E-state index is -0.416. The van der Waals surface area contributed by atoms with Gasteiger partial charge >= 0.3 is 0 Å². The number of tetrazole rings is 1. The van der Waals surface area contributed by atoms with E-state index in [0.717, 1.165) is 50.3 Å². The van der Waals surface area contributed by atoms with Crippen molar-refractivity contribution in [2.75, 3.05) is 20.1 Å². The molecule has 152 valence electrons. The van der Waals surface area contributed by atoms with E-state index in [1.807, 2.05) is 21.8 Å². The zero-order chi connectivity index (χ0) is 20.1. The monoisotopic (exact) mass is 385 g/mol. The molecular formula is C20H31N7O. The first-order valence-corrected chi connectivity index (χ1v) is 10.0. The molecule has 0 bridgehead atoms. The molecule has 0 spiro atoms. The largest absolute Gasteiger partial charge is 0.341 e. The fourth-order valence-electron chi connectivity index (χ4n) is 3.96. The van der Waals surface area contributed by atoms with Gasteiger partial charge in [0.1, 0.15) is 5.54 Å². The van der Waals surface area contributed by atoms with Gasteiger partial charge in [-0.25, -0.2) is 4.68 Å². The predicted molar refractivity (Wildman–Crippen MR) is 106 cm³/mol. The van der Waals surface area contributed by atoms with Crippen LogP contribution < -0.4 is 0 Å². The Kier molecular flexibility index (Phi) is 6.39. The molecule has 1 unspecified atom stereocenters. The fraction of sp³-hybridized carbons (Fsp3) is 0.650. The molecule has 8 nitrogen and oxygen atoms in total. The van der Waals surface area contributed by atoms with Crippen LogP contribution in [-0.4, -0.2) is 61.0 Å². The third-order valence-corrected chi connectivity index (χ3v) is 5.66. The number of piperidine rings is 1. The van der Waals surface area contributed by atoms with E-state index < -0.39 is 5.54 Å². The number of hydrogen-bond donors (Lipinski definition) is 0. The lowest BCUT2D eigenvalue weighted by Gasteiger charge is -2.47. The molecular weight excluding hydrogens is 354 g/mol. The van der Waals surface area contributed by atoms with Crippen molar-refractivity contribution in [3.8, 4) is 0 Å². The lowest BCUT2D eigenvalue weighted by molar-refractivity contribution is -0.133. The summed E-state index contributed by atoms with van der Waals surface area (Å²) in [6, 6.07) is 4.02. The molecule has 28 heavy (non-hydrogen) atoms. The maximum atomic E-state index is 12.2. The van der Waals surface area contributed by atoms with E-state index in [2.05, 4.69) is 52.4 Å². The van der Waals surface area contributed by atoms with Gasteiger partial charge in [0.25, 0.3) is 0 Å². The van der Waals surface area contributed by atoms with Crippen LogP contribution in [-0.2, 0) is 23.4 Å². The van der Waals surface area contributed by atoms with Gasteiger partial charge in [-0.15, -0.1) is 5.10 Å². The van der Waals surface area contributed by atoms with E-state index in [4.69, 9.17) is 0 Å². The number of carbonyl (C=O) groups is 1. The van der Waals surface area contributed by atoms with Crippen LogP contribution in [0.1, 0.15) is 51.4 Å². The Balaban J connectivity index is 1.95. The number of likely N-dealkylation sites (N-methyl/N-ethyl adjacent to an activating group) is 1. The molecule has 0 aromatic carbocycles. The Bertz CT molecular complexity index is 776. The number of amides is 1. The van der Waals surface area contributed by atoms with Crippen molar-refractivity contribution in [3.05, 3.63) is 35.9 Å². The summed E-state index contributed by atoms with van der Waals surface area (Å²) in [6.07, 6.45) is 6.52. The summed E-state index contributed by atoms with van der Waals surface area (Å²) in [5, 5.41) is 12.7. The molecule has 1 aliphatic heterocycles. The van der Waals surface area contributed by atoms with Crippen LogP contribution in [0.4, 0.5) is 0 Å². The number of nitrogens with zero attached hydrogens (tertiary/aromatic N) is 7. The molecule has 1 fully saturated rings. The maximum absolute atomic E-state index is 12.2. The lowest BCUT2D eigenvalue weighted by atomic mass is 9.85. The van der Waals surface area contributed by atoms with Gasteiger partial charge in [-0.05, 0) is 54.3 Å². The summed E-state index contributed by atoms with van der Waals surface area (Å²) in [5.74, 6) is 1.52. The van der Waals surface area contributed by atoms with Crippen molar-refractivity contribution in [3.63, 3.8) is 0 Å². The van der Waals surface area contributed by atoms with Gasteiger partial charge in [-0.1, -0.05) is 19.9 Å². The molecule has 1 aliphatic rings. The minimum absolute atomic E-state index is 0.0973. The molecule has 1 atom stereocenters. The normalized spacial score (nSPS) is 20.1. The topological polar surface area (TPSA) is 80.0 Å². The summed E-state index contributed by atoms with van der Waals surface area (Å²) < 4.78 is 1.93. The van der Waals surface area contributed by atoms with Gasteiger partial charge in [0.05, 0.1) is 0 Å². The number of likely N-dealkylation sites (tertiary alicyclic amines) is 1. The SMILES string of the molecule is CC(=O)N1CCCC(c2nnnn2CCC(C)C)(N(C)Cc2cccnc2)C1. The maximum Gasteiger partial charge on any atom is 0.219 e. The molecule has 1 saturated heterocycles. The Morgan fingerprint density at radius 2 is 2.21 bits per heavy atom. The standard InChI is InChI=1S/C20H31N7O/c1-16(2)8-12-27-19(22-23-24-27)20(9-6-11-26(15-20)17(3)28)25(4)14-18-7-5-10-21-13-18/h5,7,10,13,16H,6,8-9,11-12,14-15H2,1-4H3. The van der Waals surface area contributed by atoms with Crippen LogP contribution in [0.3, 0.4) is 0 Å². The molecule has 0 N–H and O–H groups in total. The second-order valence-corrected chi connectivity index (χ2v) is 8.20. The van der Waals surface area contributed by atoms with Gasteiger partial charge in [-0.3, -0.25) is 14.7 Å². The highest BCUT2D eigenvalue weighted by molar-refractivity contribution is 5.73. The summed E-state index contributed by atoms with van der Waals surface area (Å²) in [5.41, 5.74) is 0.714. The van der Waals surface area contributed by atoms with E-state index in [1.165, 1.54) is 0 Å². The van der Waals surface area contributed by atoms with Crippen molar-refractivity contribution < 1.29 is 4.79 Å². The molecule has 2 aromatic heterocycles. The van der Waals surface area contributed by atoms with Crippen molar-refractivity contribution in [1.29, 1.82) is 0 Å². The molecule has 8 heteroatoms. The van der Waals surface area contributed by atoms with Crippen LogP contribution in [0, 0.1) is 5.92 Å². The van der Waals surface area contributed by atoms with Gasteiger partial charge in [0.2, 0.25) is 5.91 Å².